The highest BCUT2D eigenvalue weighted by Crippen LogP contribution is 2.30. The Morgan fingerprint density at radius 2 is 2.00 bits per heavy atom. The van der Waals surface area contributed by atoms with E-state index in [4.69, 9.17) is 10.3 Å². The van der Waals surface area contributed by atoms with Crippen molar-refractivity contribution >= 4 is 0 Å². The molecule has 0 aliphatic heterocycles. The molecule has 0 spiro atoms. The molecule has 0 bridgehead atoms. The minimum atomic E-state index is -2.88. The number of halogens is 2. The second-order valence-electron chi connectivity index (χ2n) is 5.71. The van der Waals surface area contributed by atoms with Gasteiger partial charge in [-0.1, -0.05) is 32.0 Å². The van der Waals surface area contributed by atoms with Crippen LogP contribution < -0.4 is 10.5 Å². The summed E-state index contributed by atoms with van der Waals surface area (Å²) >= 11 is 0. The molecule has 5 nitrogen and oxygen atoms in total. The molecule has 1 atom stereocenters. The summed E-state index contributed by atoms with van der Waals surface area (Å²) in [4.78, 5) is 4.22. The lowest BCUT2D eigenvalue weighted by Gasteiger charge is -2.23. The second-order valence-corrected chi connectivity index (χ2v) is 5.71. The molecule has 21 heavy (non-hydrogen) atoms. The summed E-state index contributed by atoms with van der Waals surface area (Å²) in [5.41, 5.74) is 6.32. The van der Waals surface area contributed by atoms with E-state index in [9.17, 15) is 8.78 Å². The lowest BCUT2D eigenvalue weighted by molar-refractivity contribution is -0.0498. The number of nitrogens with two attached hydrogens (primary N) is 1. The maximum absolute atomic E-state index is 12.2. The smallest absolute Gasteiger partial charge is 0.387 e. The van der Waals surface area contributed by atoms with E-state index in [1.807, 2.05) is 20.8 Å². The van der Waals surface area contributed by atoms with Crippen molar-refractivity contribution < 1.29 is 18.0 Å². The van der Waals surface area contributed by atoms with E-state index in [-0.39, 0.29) is 17.1 Å². The Morgan fingerprint density at radius 1 is 1.29 bits per heavy atom. The van der Waals surface area contributed by atoms with Gasteiger partial charge < -0.3 is 15.0 Å². The number of ether oxygens (including phenoxy) is 1. The molecular weight excluding hydrogens is 280 g/mol. The molecule has 1 aromatic heterocycles. The summed E-state index contributed by atoms with van der Waals surface area (Å²) in [5, 5.41) is 3.85. The van der Waals surface area contributed by atoms with Gasteiger partial charge in [0, 0.05) is 5.56 Å². The zero-order valence-electron chi connectivity index (χ0n) is 12.0. The molecular formula is C14H17F2N3O2. The first kappa shape index (κ1) is 15.4. The third-order valence-electron chi connectivity index (χ3n) is 2.96. The standard InChI is InChI=1S/C14H17F2N3O2/c1-14(2,3)10(17)11-18-12(21-19-11)8-5-4-6-9(7-8)20-13(15)16/h4-7,10,13H,17H2,1-3H3. The van der Waals surface area contributed by atoms with Crippen LogP contribution in [0, 0.1) is 5.41 Å². The van der Waals surface area contributed by atoms with Crippen LogP contribution in [-0.2, 0) is 0 Å². The summed E-state index contributed by atoms with van der Waals surface area (Å²) < 4.78 is 33.9. The largest absolute Gasteiger partial charge is 0.435 e. The van der Waals surface area contributed by atoms with Gasteiger partial charge in [-0.2, -0.15) is 13.8 Å². The van der Waals surface area contributed by atoms with Gasteiger partial charge in [-0.15, -0.1) is 0 Å². The van der Waals surface area contributed by atoms with Gasteiger partial charge in [-0.25, -0.2) is 0 Å². The molecule has 2 aromatic rings. The lowest BCUT2D eigenvalue weighted by Crippen LogP contribution is -2.27. The molecule has 2 N–H and O–H groups in total. The van der Waals surface area contributed by atoms with E-state index < -0.39 is 12.7 Å². The average molecular weight is 297 g/mol. The topological polar surface area (TPSA) is 74.2 Å². The number of aromatic nitrogens is 2. The van der Waals surface area contributed by atoms with Crippen LogP contribution in [0.25, 0.3) is 11.5 Å². The van der Waals surface area contributed by atoms with Crippen molar-refractivity contribution in [2.45, 2.75) is 33.4 Å². The first-order valence-electron chi connectivity index (χ1n) is 6.42. The number of hydrogen-bond acceptors (Lipinski definition) is 5. The van der Waals surface area contributed by atoms with Crippen LogP contribution in [0.4, 0.5) is 8.78 Å². The molecule has 0 saturated heterocycles. The van der Waals surface area contributed by atoms with Gasteiger partial charge in [0.25, 0.3) is 5.89 Å². The lowest BCUT2D eigenvalue weighted by atomic mass is 9.87. The van der Waals surface area contributed by atoms with E-state index in [1.54, 1.807) is 12.1 Å². The third kappa shape index (κ3) is 3.75. The molecule has 0 amide bonds. The number of alkyl halides is 2. The van der Waals surface area contributed by atoms with Crippen molar-refractivity contribution in [3.8, 4) is 17.2 Å². The summed E-state index contributed by atoms with van der Waals surface area (Å²) in [6.45, 7) is 3.01. The fourth-order valence-electron chi connectivity index (χ4n) is 1.67. The molecule has 0 aliphatic carbocycles. The predicted molar refractivity (Wildman–Crippen MR) is 72.7 cm³/mol. The van der Waals surface area contributed by atoms with Crippen molar-refractivity contribution in [3.05, 3.63) is 30.1 Å². The molecule has 1 heterocycles. The Balaban J connectivity index is 2.25. The Bertz CT molecular complexity index is 608. The van der Waals surface area contributed by atoms with Gasteiger partial charge in [0.05, 0.1) is 6.04 Å². The first-order chi connectivity index (χ1) is 9.77. The van der Waals surface area contributed by atoms with Crippen LogP contribution in [0.5, 0.6) is 5.75 Å². The summed E-state index contributed by atoms with van der Waals surface area (Å²) in [6.07, 6.45) is 0. The Hall–Kier alpha value is -2.02. The van der Waals surface area contributed by atoms with Gasteiger partial charge in [0.15, 0.2) is 5.82 Å². The highest BCUT2D eigenvalue weighted by Gasteiger charge is 2.27. The van der Waals surface area contributed by atoms with Gasteiger partial charge in [-0.3, -0.25) is 0 Å². The monoisotopic (exact) mass is 297 g/mol. The average Bonchev–Trinajstić information content (AvgIpc) is 2.85. The molecule has 114 valence electrons. The summed E-state index contributed by atoms with van der Waals surface area (Å²) in [6, 6.07) is 5.68. The zero-order valence-corrected chi connectivity index (χ0v) is 12.0. The fraction of sp³-hybridized carbons (Fsp3) is 0.429. The van der Waals surface area contributed by atoms with Crippen molar-refractivity contribution in [1.82, 2.24) is 10.1 Å². The fourth-order valence-corrected chi connectivity index (χ4v) is 1.67. The Labute approximate surface area is 121 Å². The van der Waals surface area contributed by atoms with E-state index in [2.05, 4.69) is 14.9 Å². The van der Waals surface area contributed by atoms with E-state index in [0.29, 0.717) is 11.4 Å². The molecule has 0 aliphatic rings. The van der Waals surface area contributed by atoms with Gasteiger partial charge in [0.1, 0.15) is 5.75 Å². The number of nitrogens with zero attached hydrogens (tertiary/aromatic N) is 2. The normalized spacial score (nSPS) is 13.5. The van der Waals surface area contributed by atoms with Crippen molar-refractivity contribution in [3.63, 3.8) is 0 Å². The minimum Gasteiger partial charge on any atom is -0.435 e. The van der Waals surface area contributed by atoms with Gasteiger partial charge in [0.2, 0.25) is 0 Å². The number of benzene rings is 1. The van der Waals surface area contributed by atoms with Gasteiger partial charge >= 0.3 is 6.61 Å². The van der Waals surface area contributed by atoms with Crippen LogP contribution in [0.3, 0.4) is 0 Å². The summed E-state index contributed by atoms with van der Waals surface area (Å²) in [7, 11) is 0. The van der Waals surface area contributed by atoms with E-state index in [1.165, 1.54) is 12.1 Å². The molecule has 2 rings (SSSR count). The van der Waals surface area contributed by atoms with Crippen LogP contribution >= 0.6 is 0 Å². The van der Waals surface area contributed by atoms with Crippen LogP contribution in [-0.4, -0.2) is 16.8 Å². The highest BCUT2D eigenvalue weighted by molar-refractivity contribution is 5.55. The first-order valence-corrected chi connectivity index (χ1v) is 6.42. The van der Waals surface area contributed by atoms with Crippen molar-refractivity contribution in [2.75, 3.05) is 0 Å². The maximum Gasteiger partial charge on any atom is 0.387 e. The van der Waals surface area contributed by atoms with Crippen molar-refractivity contribution in [1.29, 1.82) is 0 Å². The zero-order chi connectivity index (χ0) is 15.6. The van der Waals surface area contributed by atoms with Crippen LogP contribution in [0.2, 0.25) is 0 Å². The van der Waals surface area contributed by atoms with Gasteiger partial charge in [-0.05, 0) is 23.6 Å². The van der Waals surface area contributed by atoms with Crippen LogP contribution in [0.15, 0.2) is 28.8 Å². The summed E-state index contributed by atoms with van der Waals surface area (Å²) in [5.74, 6) is 0.615. The molecule has 0 saturated carbocycles. The highest BCUT2D eigenvalue weighted by atomic mass is 19.3. The van der Waals surface area contributed by atoms with Crippen LogP contribution in [0.1, 0.15) is 32.6 Å². The third-order valence-corrected chi connectivity index (χ3v) is 2.96. The van der Waals surface area contributed by atoms with E-state index >= 15 is 0 Å². The minimum absolute atomic E-state index is 0.0300. The molecule has 0 fully saturated rings. The molecule has 0 radical (unpaired) electrons. The maximum atomic E-state index is 12.2. The molecule has 7 heteroatoms. The second kappa shape index (κ2) is 5.77. The molecule has 1 aromatic carbocycles. The van der Waals surface area contributed by atoms with Crippen molar-refractivity contribution in [2.24, 2.45) is 11.1 Å². The van der Waals surface area contributed by atoms with E-state index in [0.717, 1.165) is 0 Å². The predicted octanol–water partition coefficient (Wildman–Crippen LogP) is 3.38. The number of rotatable bonds is 4. The Morgan fingerprint density at radius 3 is 2.62 bits per heavy atom. The SMILES string of the molecule is CC(C)(C)C(N)c1noc(-c2cccc(OC(F)F)c2)n1. The molecule has 1 unspecified atom stereocenters. The number of hydrogen-bond donors (Lipinski definition) is 1. The quantitative estimate of drug-likeness (QED) is 0.936. The Kier molecular flexibility index (Phi) is 4.22.